The van der Waals surface area contributed by atoms with Gasteiger partial charge in [0.15, 0.2) is 0 Å². The first-order valence-corrected chi connectivity index (χ1v) is 4.34. The molecule has 4 nitrogen and oxygen atoms in total. The van der Waals surface area contributed by atoms with Crippen molar-refractivity contribution in [2.45, 2.75) is 12.8 Å². The van der Waals surface area contributed by atoms with Crippen LogP contribution < -0.4 is 5.06 Å². The van der Waals surface area contributed by atoms with Crippen molar-refractivity contribution in [1.82, 2.24) is 0 Å². The van der Waals surface area contributed by atoms with Crippen LogP contribution in [0.2, 0.25) is 0 Å². The number of benzene rings is 1. The largest absolute Gasteiger partial charge is 0.337 e. The molecule has 0 N–H and O–H groups in total. The third kappa shape index (κ3) is 1.35. The average Bonchev–Trinajstić information content (AvgIpc) is 2.23. The van der Waals surface area contributed by atoms with Gasteiger partial charge in [-0.15, -0.1) is 5.06 Å². The van der Waals surface area contributed by atoms with Crippen LogP contribution in [0, 0.1) is 0 Å². The summed E-state index contributed by atoms with van der Waals surface area (Å²) in [6.07, 6.45) is 1.08. The van der Waals surface area contributed by atoms with E-state index in [9.17, 15) is 9.59 Å². The first-order chi connectivity index (χ1) is 6.83. The summed E-state index contributed by atoms with van der Waals surface area (Å²) in [5.74, 6) is -0.184. The Bertz CT molecular complexity index is 375. The van der Waals surface area contributed by atoms with Crippen molar-refractivity contribution in [3.8, 4) is 0 Å². The minimum absolute atomic E-state index is 0.184. The Kier molecular flexibility index (Phi) is 2.18. The van der Waals surface area contributed by atoms with Gasteiger partial charge in [-0.2, -0.15) is 0 Å². The summed E-state index contributed by atoms with van der Waals surface area (Å²) in [7, 11) is 0. The molecule has 0 aromatic heterocycles. The summed E-state index contributed by atoms with van der Waals surface area (Å²) in [5.41, 5.74) is 1.69. The van der Waals surface area contributed by atoms with Crippen LogP contribution in [-0.4, -0.2) is 12.4 Å². The number of anilines is 1. The predicted octanol–water partition coefficient (Wildman–Crippen LogP) is 1.05. The summed E-state index contributed by atoms with van der Waals surface area (Å²) in [5, 5.41) is 1.05. The molecular formula is C10H9NO3. The number of rotatable bonds is 2. The van der Waals surface area contributed by atoms with Crippen LogP contribution in [0.4, 0.5) is 5.69 Å². The molecule has 0 bridgehead atoms. The Morgan fingerprint density at radius 2 is 2.07 bits per heavy atom. The van der Waals surface area contributed by atoms with E-state index in [1.807, 2.05) is 12.1 Å². The second-order valence-corrected chi connectivity index (χ2v) is 3.02. The van der Waals surface area contributed by atoms with Gasteiger partial charge in [0.1, 0.15) is 0 Å². The number of hydrogen-bond donors (Lipinski definition) is 0. The number of fused-ring (bicyclic) bond motifs is 1. The third-order valence-electron chi connectivity index (χ3n) is 2.19. The van der Waals surface area contributed by atoms with Crippen molar-refractivity contribution in [1.29, 1.82) is 0 Å². The van der Waals surface area contributed by atoms with Crippen molar-refractivity contribution in [2.75, 3.05) is 5.06 Å². The molecule has 1 aliphatic rings. The molecule has 1 heterocycles. The maximum atomic E-state index is 11.4. The van der Waals surface area contributed by atoms with Gasteiger partial charge in [0.05, 0.1) is 5.69 Å². The smallest absolute Gasteiger partial charge is 0.321 e. The van der Waals surface area contributed by atoms with E-state index in [0.29, 0.717) is 18.5 Å². The van der Waals surface area contributed by atoms with Gasteiger partial charge in [0, 0.05) is 6.42 Å². The second-order valence-electron chi connectivity index (χ2n) is 3.02. The topological polar surface area (TPSA) is 46.6 Å². The number of nitrogens with zero attached hydrogens (tertiary/aromatic N) is 1. The number of carbonyl (C=O) groups excluding carboxylic acids is 2. The van der Waals surface area contributed by atoms with Crippen LogP contribution in [0.1, 0.15) is 12.0 Å². The zero-order chi connectivity index (χ0) is 9.97. The standard InChI is InChI=1S/C10H9NO3/c12-7-14-11-9-4-2-1-3-8(9)5-6-10(11)13/h1-4,7H,5-6H2. The van der Waals surface area contributed by atoms with E-state index >= 15 is 0 Å². The Hall–Kier alpha value is -1.84. The first-order valence-electron chi connectivity index (χ1n) is 4.34. The third-order valence-corrected chi connectivity index (χ3v) is 2.19. The van der Waals surface area contributed by atoms with Gasteiger partial charge in [-0.3, -0.25) is 9.59 Å². The van der Waals surface area contributed by atoms with Crippen molar-refractivity contribution < 1.29 is 14.4 Å². The molecule has 1 amide bonds. The fourth-order valence-corrected chi connectivity index (χ4v) is 1.56. The van der Waals surface area contributed by atoms with Crippen LogP contribution in [0.25, 0.3) is 0 Å². The minimum atomic E-state index is -0.184. The zero-order valence-electron chi connectivity index (χ0n) is 7.47. The molecule has 0 radical (unpaired) electrons. The van der Waals surface area contributed by atoms with E-state index in [1.165, 1.54) is 0 Å². The lowest BCUT2D eigenvalue weighted by Crippen LogP contribution is -2.34. The van der Waals surface area contributed by atoms with Gasteiger partial charge in [0.25, 0.3) is 5.91 Å². The summed E-state index contributed by atoms with van der Waals surface area (Å²) in [4.78, 5) is 26.2. The van der Waals surface area contributed by atoms with E-state index in [0.717, 1.165) is 10.6 Å². The lowest BCUT2D eigenvalue weighted by Gasteiger charge is -2.25. The highest BCUT2D eigenvalue weighted by atomic mass is 16.7. The van der Waals surface area contributed by atoms with E-state index < -0.39 is 0 Å². The average molecular weight is 191 g/mol. The second kappa shape index (κ2) is 3.49. The molecule has 1 aromatic rings. The van der Waals surface area contributed by atoms with Crippen LogP contribution in [0.15, 0.2) is 24.3 Å². The monoisotopic (exact) mass is 191 g/mol. The summed E-state index contributed by atoms with van der Waals surface area (Å²) in [6, 6.07) is 7.38. The molecule has 0 saturated heterocycles. The predicted molar refractivity (Wildman–Crippen MR) is 49.4 cm³/mol. The maximum Gasteiger partial charge on any atom is 0.321 e. The highest BCUT2D eigenvalue weighted by Gasteiger charge is 2.24. The molecule has 0 atom stereocenters. The molecular weight excluding hydrogens is 182 g/mol. The van der Waals surface area contributed by atoms with Gasteiger partial charge in [-0.1, -0.05) is 18.2 Å². The lowest BCUT2D eigenvalue weighted by molar-refractivity contribution is -0.139. The number of carbonyl (C=O) groups is 2. The zero-order valence-corrected chi connectivity index (χ0v) is 7.47. The van der Waals surface area contributed by atoms with E-state index in [1.54, 1.807) is 12.1 Å². The number of hydroxylamine groups is 1. The van der Waals surface area contributed by atoms with Gasteiger partial charge in [-0.05, 0) is 18.1 Å². The van der Waals surface area contributed by atoms with Crippen molar-refractivity contribution in [3.05, 3.63) is 29.8 Å². The van der Waals surface area contributed by atoms with Crippen molar-refractivity contribution in [3.63, 3.8) is 0 Å². The van der Waals surface area contributed by atoms with Crippen LogP contribution in [0.5, 0.6) is 0 Å². The van der Waals surface area contributed by atoms with Crippen molar-refractivity contribution >= 4 is 18.1 Å². The van der Waals surface area contributed by atoms with Crippen LogP contribution in [-0.2, 0) is 20.8 Å². The van der Waals surface area contributed by atoms with Crippen LogP contribution in [0.3, 0.4) is 0 Å². The fourth-order valence-electron chi connectivity index (χ4n) is 1.56. The van der Waals surface area contributed by atoms with Gasteiger partial charge < -0.3 is 4.84 Å². The molecule has 0 fully saturated rings. The molecule has 0 unspecified atom stereocenters. The Morgan fingerprint density at radius 1 is 1.29 bits per heavy atom. The molecule has 4 heteroatoms. The van der Waals surface area contributed by atoms with Gasteiger partial charge in [0.2, 0.25) is 0 Å². The van der Waals surface area contributed by atoms with Gasteiger partial charge in [-0.25, -0.2) is 0 Å². The number of para-hydroxylation sites is 1. The quantitative estimate of drug-likeness (QED) is 0.656. The normalized spacial score (nSPS) is 14.9. The van der Waals surface area contributed by atoms with E-state index in [2.05, 4.69) is 4.84 Å². The Morgan fingerprint density at radius 3 is 2.86 bits per heavy atom. The number of aryl methyl sites for hydroxylation is 1. The molecule has 0 spiro atoms. The summed E-state index contributed by atoms with van der Waals surface area (Å²) < 4.78 is 0. The first kappa shape index (κ1) is 8.74. The molecule has 72 valence electrons. The highest BCUT2D eigenvalue weighted by molar-refractivity contribution is 5.95. The molecule has 0 saturated carbocycles. The SMILES string of the molecule is O=CON1C(=O)CCc2ccccc21. The van der Waals surface area contributed by atoms with Gasteiger partial charge >= 0.3 is 6.47 Å². The molecule has 14 heavy (non-hydrogen) atoms. The fraction of sp³-hybridized carbons (Fsp3) is 0.200. The Labute approximate surface area is 81.0 Å². The molecule has 1 aliphatic heterocycles. The maximum absolute atomic E-state index is 11.4. The highest BCUT2D eigenvalue weighted by Crippen LogP contribution is 2.27. The molecule has 2 rings (SSSR count). The summed E-state index contributed by atoms with van der Waals surface area (Å²) in [6.45, 7) is 0.264. The lowest BCUT2D eigenvalue weighted by atomic mass is 10.0. The molecule has 0 aliphatic carbocycles. The molecule has 1 aromatic carbocycles. The van der Waals surface area contributed by atoms with E-state index in [4.69, 9.17) is 0 Å². The van der Waals surface area contributed by atoms with E-state index in [-0.39, 0.29) is 12.4 Å². The Balaban J connectivity index is 2.40. The number of hydrogen-bond acceptors (Lipinski definition) is 3. The number of amides is 1. The minimum Gasteiger partial charge on any atom is -0.337 e. The van der Waals surface area contributed by atoms with Crippen LogP contribution >= 0.6 is 0 Å². The summed E-state index contributed by atoms with van der Waals surface area (Å²) >= 11 is 0. The van der Waals surface area contributed by atoms with Crippen molar-refractivity contribution in [2.24, 2.45) is 0 Å².